The first kappa shape index (κ1) is 13.6. The number of hydrogen-bond donors (Lipinski definition) is 2. The molecular formula is C12H19N5O2. The van der Waals surface area contributed by atoms with Crippen molar-refractivity contribution in [2.75, 3.05) is 51.4 Å². The maximum atomic E-state index is 5.77. The van der Waals surface area contributed by atoms with E-state index in [1.165, 1.54) is 0 Å². The van der Waals surface area contributed by atoms with Crippen LogP contribution in [0.2, 0.25) is 0 Å². The predicted octanol–water partition coefficient (Wildman–Crippen LogP) is 0.795. The smallest absolute Gasteiger partial charge is 0.160 e. The van der Waals surface area contributed by atoms with Crippen LogP contribution in [0.5, 0.6) is 0 Å². The summed E-state index contributed by atoms with van der Waals surface area (Å²) in [6.07, 6.45) is 0. The fourth-order valence-corrected chi connectivity index (χ4v) is 1.64. The summed E-state index contributed by atoms with van der Waals surface area (Å²) in [7, 11) is 4.04. The first-order chi connectivity index (χ1) is 9.18. The van der Waals surface area contributed by atoms with Crippen LogP contribution in [0.1, 0.15) is 0 Å². The molecule has 0 aliphatic carbocycles. The van der Waals surface area contributed by atoms with Gasteiger partial charge < -0.3 is 20.7 Å². The Bertz CT molecular complexity index is 526. The number of anilines is 2. The summed E-state index contributed by atoms with van der Waals surface area (Å²) in [5.41, 5.74) is 8.41. The number of benzene rings is 1. The molecule has 1 aromatic carbocycles. The molecule has 0 aliphatic rings. The number of nitrogens with zero attached hydrogens (tertiary/aromatic N) is 3. The first-order valence-electron chi connectivity index (χ1n) is 6.15. The molecular weight excluding hydrogens is 246 g/mol. The van der Waals surface area contributed by atoms with Crippen LogP contribution in [-0.2, 0) is 4.74 Å². The molecule has 7 heteroatoms. The monoisotopic (exact) mass is 265 g/mol. The van der Waals surface area contributed by atoms with E-state index in [1.54, 1.807) is 6.07 Å². The van der Waals surface area contributed by atoms with Crippen LogP contribution < -0.4 is 11.1 Å². The average molecular weight is 265 g/mol. The Morgan fingerprint density at radius 3 is 2.84 bits per heavy atom. The van der Waals surface area contributed by atoms with Crippen molar-refractivity contribution in [1.29, 1.82) is 0 Å². The lowest BCUT2D eigenvalue weighted by Crippen LogP contribution is -2.20. The van der Waals surface area contributed by atoms with E-state index in [0.29, 0.717) is 29.9 Å². The fourth-order valence-electron chi connectivity index (χ4n) is 1.64. The Labute approximate surface area is 111 Å². The molecule has 0 saturated carbocycles. The highest BCUT2D eigenvalue weighted by Gasteiger charge is 2.09. The molecule has 2 rings (SSSR count). The van der Waals surface area contributed by atoms with Crippen molar-refractivity contribution < 1.29 is 9.37 Å². The minimum atomic E-state index is 0.559. The van der Waals surface area contributed by atoms with Gasteiger partial charge in [-0.3, -0.25) is 0 Å². The summed E-state index contributed by atoms with van der Waals surface area (Å²) in [5, 5.41) is 10.8. The van der Waals surface area contributed by atoms with Gasteiger partial charge in [-0.2, -0.15) is 0 Å². The highest BCUT2D eigenvalue weighted by atomic mass is 16.6. The molecule has 104 valence electrons. The van der Waals surface area contributed by atoms with Gasteiger partial charge in [-0.25, -0.2) is 4.63 Å². The third kappa shape index (κ3) is 3.55. The topological polar surface area (TPSA) is 89.4 Å². The fraction of sp³-hybridized carbons (Fsp3) is 0.500. The van der Waals surface area contributed by atoms with Crippen molar-refractivity contribution in [1.82, 2.24) is 15.2 Å². The summed E-state index contributed by atoms with van der Waals surface area (Å²) in [6, 6.07) is 3.64. The number of nitrogens with one attached hydrogen (secondary N) is 1. The van der Waals surface area contributed by atoms with Crippen LogP contribution >= 0.6 is 0 Å². The lowest BCUT2D eigenvalue weighted by Gasteiger charge is -2.10. The standard InChI is InChI=1S/C12H19N5O2/c1-17(2)6-8-18-7-5-14-10-4-3-9(13)11-12(10)16-19-15-11/h3-4,14H,5-8,13H2,1-2H3. The lowest BCUT2D eigenvalue weighted by atomic mass is 10.2. The molecule has 0 fully saturated rings. The van der Waals surface area contributed by atoms with Gasteiger partial charge in [-0.05, 0) is 36.5 Å². The van der Waals surface area contributed by atoms with Crippen molar-refractivity contribution in [3.63, 3.8) is 0 Å². The molecule has 0 unspecified atom stereocenters. The second-order valence-electron chi connectivity index (χ2n) is 4.51. The minimum Gasteiger partial charge on any atom is -0.397 e. The number of rotatable bonds is 7. The Morgan fingerprint density at radius 1 is 1.26 bits per heavy atom. The van der Waals surface area contributed by atoms with Gasteiger partial charge in [-0.1, -0.05) is 0 Å². The number of likely N-dealkylation sites (N-methyl/N-ethyl adjacent to an activating group) is 1. The highest BCUT2D eigenvalue weighted by molar-refractivity contribution is 5.94. The van der Waals surface area contributed by atoms with Crippen LogP contribution in [0.4, 0.5) is 11.4 Å². The maximum absolute atomic E-state index is 5.77. The first-order valence-corrected chi connectivity index (χ1v) is 6.15. The molecule has 2 aromatic rings. The third-order valence-electron chi connectivity index (χ3n) is 2.69. The number of hydrogen-bond acceptors (Lipinski definition) is 7. The second-order valence-corrected chi connectivity index (χ2v) is 4.51. The SMILES string of the molecule is CN(C)CCOCCNc1ccc(N)c2nonc12. The predicted molar refractivity (Wildman–Crippen MR) is 74.1 cm³/mol. The molecule has 3 N–H and O–H groups in total. The number of nitrogen functional groups attached to an aromatic ring is 1. The number of fused-ring (bicyclic) bond motifs is 1. The van der Waals surface area contributed by atoms with Gasteiger partial charge >= 0.3 is 0 Å². The van der Waals surface area contributed by atoms with Gasteiger partial charge in [0.15, 0.2) is 11.0 Å². The van der Waals surface area contributed by atoms with E-state index in [4.69, 9.17) is 15.1 Å². The molecule has 1 aromatic heterocycles. The zero-order chi connectivity index (χ0) is 13.7. The van der Waals surface area contributed by atoms with Crippen LogP contribution in [0, 0.1) is 0 Å². The van der Waals surface area contributed by atoms with Crippen molar-refractivity contribution in [3.05, 3.63) is 12.1 Å². The van der Waals surface area contributed by atoms with Gasteiger partial charge in [0.05, 0.1) is 24.6 Å². The van der Waals surface area contributed by atoms with Crippen molar-refractivity contribution in [2.24, 2.45) is 0 Å². The summed E-state index contributed by atoms with van der Waals surface area (Å²) in [5.74, 6) is 0. The van der Waals surface area contributed by atoms with Crippen molar-refractivity contribution >= 4 is 22.4 Å². The highest BCUT2D eigenvalue weighted by Crippen LogP contribution is 2.24. The van der Waals surface area contributed by atoms with E-state index < -0.39 is 0 Å². The molecule has 7 nitrogen and oxygen atoms in total. The van der Waals surface area contributed by atoms with E-state index in [0.717, 1.165) is 18.8 Å². The Morgan fingerprint density at radius 2 is 2.05 bits per heavy atom. The normalized spacial score (nSPS) is 11.3. The molecule has 19 heavy (non-hydrogen) atoms. The molecule has 0 bridgehead atoms. The summed E-state index contributed by atoms with van der Waals surface area (Å²) < 4.78 is 10.2. The van der Waals surface area contributed by atoms with E-state index >= 15 is 0 Å². The number of nitrogens with two attached hydrogens (primary N) is 1. The largest absolute Gasteiger partial charge is 0.397 e. The molecule has 1 heterocycles. The van der Waals surface area contributed by atoms with Crippen molar-refractivity contribution in [2.45, 2.75) is 0 Å². The summed E-state index contributed by atoms with van der Waals surface area (Å²) in [6.45, 7) is 2.96. The zero-order valence-electron chi connectivity index (χ0n) is 11.2. The number of ether oxygens (including phenoxy) is 1. The second kappa shape index (κ2) is 6.35. The van der Waals surface area contributed by atoms with Gasteiger partial charge in [-0.15, -0.1) is 0 Å². The van der Waals surface area contributed by atoms with Gasteiger partial charge in [0.2, 0.25) is 0 Å². The lowest BCUT2D eigenvalue weighted by molar-refractivity contribution is 0.126. The van der Waals surface area contributed by atoms with Crippen LogP contribution in [0.3, 0.4) is 0 Å². The van der Waals surface area contributed by atoms with E-state index in [-0.39, 0.29) is 0 Å². The average Bonchev–Trinajstić information content (AvgIpc) is 2.86. The molecule has 0 atom stereocenters. The van der Waals surface area contributed by atoms with Gasteiger partial charge in [0.1, 0.15) is 0 Å². The molecule has 0 aliphatic heterocycles. The Hall–Kier alpha value is -1.86. The Kier molecular flexibility index (Phi) is 4.53. The van der Waals surface area contributed by atoms with Gasteiger partial charge in [0, 0.05) is 13.1 Å². The molecule has 0 radical (unpaired) electrons. The van der Waals surface area contributed by atoms with E-state index in [2.05, 4.69) is 20.5 Å². The Balaban J connectivity index is 1.82. The van der Waals surface area contributed by atoms with E-state index in [9.17, 15) is 0 Å². The van der Waals surface area contributed by atoms with E-state index in [1.807, 2.05) is 20.2 Å². The van der Waals surface area contributed by atoms with Gasteiger partial charge in [0.25, 0.3) is 0 Å². The van der Waals surface area contributed by atoms with Crippen LogP contribution in [0.25, 0.3) is 11.0 Å². The maximum Gasteiger partial charge on any atom is 0.160 e. The quantitative estimate of drug-likeness (QED) is 0.565. The van der Waals surface area contributed by atoms with Crippen molar-refractivity contribution in [3.8, 4) is 0 Å². The summed E-state index contributed by atoms with van der Waals surface area (Å²) >= 11 is 0. The molecule has 0 amide bonds. The zero-order valence-corrected chi connectivity index (χ0v) is 11.2. The summed E-state index contributed by atoms with van der Waals surface area (Å²) in [4.78, 5) is 2.08. The third-order valence-corrected chi connectivity index (χ3v) is 2.69. The molecule has 0 spiro atoms. The number of aromatic nitrogens is 2. The molecule has 0 saturated heterocycles. The minimum absolute atomic E-state index is 0.559. The van der Waals surface area contributed by atoms with Crippen LogP contribution in [-0.4, -0.2) is 55.6 Å². The van der Waals surface area contributed by atoms with Crippen LogP contribution in [0.15, 0.2) is 16.8 Å².